The molecule has 1 aromatic carbocycles. The molecular weight excluding hydrogens is 223 g/mol. The van der Waals surface area contributed by atoms with Crippen LogP contribution in [0.3, 0.4) is 0 Å². The molecule has 0 unspecified atom stereocenters. The average Bonchev–Trinajstić information content (AvgIpc) is 2.75. The smallest absolute Gasteiger partial charge is 0.328 e. The number of carboxylic acid groups (broad SMARTS) is 1. The van der Waals surface area contributed by atoms with Crippen LogP contribution in [-0.4, -0.2) is 11.1 Å². The molecule has 0 spiro atoms. The number of furan rings is 1. The van der Waals surface area contributed by atoms with Gasteiger partial charge in [-0.3, -0.25) is 0 Å². The molecule has 0 amide bonds. The Morgan fingerprint density at radius 1 is 1.24 bits per heavy atom. The molecular formula is C13H9FO3. The highest BCUT2D eigenvalue weighted by atomic mass is 19.1. The molecule has 1 aromatic heterocycles. The average molecular weight is 232 g/mol. The van der Waals surface area contributed by atoms with Gasteiger partial charge in [-0.15, -0.1) is 0 Å². The van der Waals surface area contributed by atoms with Crippen LogP contribution in [0.2, 0.25) is 0 Å². The molecule has 0 saturated carbocycles. The minimum Gasteiger partial charge on any atom is -0.478 e. The second-order valence-electron chi connectivity index (χ2n) is 3.35. The van der Waals surface area contributed by atoms with E-state index in [1.54, 1.807) is 30.3 Å². The predicted octanol–water partition coefficient (Wildman–Crippen LogP) is 3.18. The van der Waals surface area contributed by atoms with Crippen molar-refractivity contribution in [2.45, 2.75) is 0 Å². The molecule has 2 rings (SSSR count). The summed E-state index contributed by atoms with van der Waals surface area (Å²) in [6, 6.07) is 9.41. The van der Waals surface area contributed by atoms with Crippen LogP contribution in [0.4, 0.5) is 4.39 Å². The number of carboxylic acids is 1. The first-order valence-corrected chi connectivity index (χ1v) is 4.92. The summed E-state index contributed by atoms with van der Waals surface area (Å²) in [5.74, 6) is -0.705. The van der Waals surface area contributed by atoms with E-state index in [1.165, 1.54) is 12.1 Å². The number of benzene rings is 1. The minimum absolute atomic E-state index is 0.350. The molecule has 0 aliphatic heterocycles. The second-order valence-corrected chi connectivity index (χ2v) is 3.35. The summed E-state index contributed by atoms with van der Waals surface area (Å²) in [6.07, 6.45) is 2.27. The van der Waals surface area contributed by atoms with Crippen molar-refractivity contribution in [3.63, 3.8) is 0 Å². The SMILES string of the molecule is O=C(O)C=Cc1ccc(-c2ccccc2F)o1. The molecule has 0 aliphatic carbocycles. The Kier molecular flexibility index (Phi) is 3.05. The van der Waals surface area contributed by atoms with Crippen LogP contribution >= 0.6 is 0 Å². The Morgan fingerprint density at radius 2 is 2.00 bits per heavy atom. The fraction of sp³-hybridized carbons (Fsp3) is 0. The largest absolute Gasteiger partial charge is 0.478 e. The highest BCUT2D eigenvalue weighted by Crippen LogP contribution is 2.25. The lowest BCUT2D eigenvalue weighted by Gasteiger charge is -1.97. The van der Waals surface area contributed by atoms with Crippen LogP contribution < -0.4 is 0 Å². The van der Waals surface area contributed by atoms with Crippen molar-refractivity contribution in [3.8, 4) is 11.3 Å². The molecule has 0 fully saturated rings. The van der Waals surface area contributed by atoms with Crippen molar-refractivity contribution in [1.29, 1.82) is 0 Å². The summed E-state index contributed by atoms with van der Waals surface area (Å²) in [7, 11) is 0. The van der Waals surface area contributed by atoms with Crippen molar-refractivity contribution in [2.24, 2.45) is 0 Å². The zero-order valence-corrected chi connectivity index (χ0v) is 8.76. The third-order valence-corrected chi connectivity index (χ3v) is 2.16. The molecule has 0 aliphatic rings. The van der Waals surface area contributed by atoms with Gasteiger partial charge in [-0.25, -0.2) is 9.18 Å². The summed E-state index contributed by atoms with van der Waals surface area (Å²) < 4.78 is 18.7. The molecule has 0 atom stereocenters. The van der Waals surface area contributed by atoms with Crippen molar-refractivity contribution >= 4 is 12.0 Å². The summed E-state index contributed by atoms with van der Waals surface area (Å²) >= 11 is 0. The Labute approximate surface area is 96.8 Å². The van der Waals surface area contributed by atoms with Gasteiger partial charge in [0.15, 0.2) is 0 Å². The van der Waals surface area contributed by atoms with Gasteiger partial charge < -0.3 is 9.52 Å². The zero-order chi connectivity index (χ0) is 12.3. The summed E-state index contributed by atoms with van der Waals surface area (Å²) in [6.45, 7) is 0. The Hall–Kier alpha value is -2.36. The van der Waals surface area contributed by atoms with E-state index in [4.69, 9.17) is 9.52 Å². The topological polar surface area (TPSA) is 50.4 Å². The standard InChI is InChI=1S/C13H9FO3/c14-11-4-2-1-3-10(11)12-7-5-9(17-12)6-8-13(15)16/h1-8H,(H,15,16). The van der Waals surface area contributed by atoms with E-state index in [9.17, 15) is 9.18 Å². The van der Waals surface area contributed by atoms with E-state index >= 15 is 0 Å². The molecule has 4 heteroatoms. The number of aliphatic carboxylic acids is 1. The Morgan fingerprint density at radius 3 is 2.71 bits per heavy atom. The van der Waals surface area contributed by atoms with Gasteiger partial charge in [-0.05, 0) is 30.3 Å². The third kappa shape index (κ3) is 2.60. The minimum atomic E-state index is -1.06. The monoisotopic (exact) mass is 232 g/mol. The molecule has 0 radical (unpaired) electrons. The van der Waals surface area contributed by atoms with Gasteiger partial charge >= 0.3 is 5.97 Å². The van der Waals surface area contributed by atoms with Crippen molar-refractivity contribution in [2.75, 3.05) is 0 Å². The van der Waals surface area contributed by atoms with E-state index in [0.29, 0.717) is 17.1 Å². The molecule has 17 heavy (non-hydrogen) atoms. The highest BCUT2D eigenvalue weighted by Gasteiger charge is 2.07. The number of rotatable bonds is 3. The summed E-state index contributed by atoms with van der Waals surface area (Å²) in [5, 5.41) is 8.45. The van der Waals surface area contributed by atoms with E-state index in [2.05, 4.69) is 0 Å². The van der Waals surface area contributed by atoms with Gasteiger partial charge in [0.2, 0.25) is 0 Å². The highest BCUT2D eigenvalue weighted by molar-refractivity contribution is 5.84. The second kappa shape index (κ2) is 4.65. The molecule has 0 bridgehead atoms. The zero-order valence-electron chi connectivity index (χ0n) is 8.76. The van der Waals surface area contributed by atoms with Crippen LogP contribution in [0, 0.1) is 5.82 Å². The maximum Gasteiger partial charge on any atom is 0.328 e. The third-order valence-electron chi connectivity index (χ3n) is 2.16. The number of halogens is 1. The first-order chi connectivity index (χ1) is 8.16. The fourth-order valence-electron chi connectivity index (χ4n) is 1.40. The molecule has 2 aromatic rings. The first-order valence-electron chi connectivity index (χ1n) is 4.92. The number of hydrogen-bond donors (Lipinski definition) is 1. The lowest BCUT2D eigenvalue weighted by molar-refractivity contribution is -0.131. The van der Waals surface area contributed by atoms with Gasteiger partial charge in [-0.1, -0.05) is 12.1 Å². The van der Waals surface area contributed by atoms with Gasteiger partial charge in [0.05, 0.1) is 5.56 Å². The van der Waals surface area contributed by atoms with Crippen LogP contribution in [0.25, 0.3) is 17.4 Å². The van der Waals surface area contributed by atoms with Crippen LogP contribution in [0.15, 0.2) is 46.9 Å². The quantitative estimate of drug-likeness (QED) is 0.827. The lowest BCUT2D eigenvalue weighted by Crippen LogP contribution is -1.84. The van der Waals surface area contributed by atoms with Crippen molar-refractivity contribution in [3.05, 3.63) is 54.1 Å². The molecule has 1 N–H and O–H groups in total. The van der Waals surface area contributed by atoms with E-state index < -0.39 is 5.97 Å². The summed E-state index contributed by atoms with van der Waals surface area (Å²) in [4.78, 5) is 10.3. The van der Waals surface area contributed by atoms with Gasteiger partial charge in [0.25, 0.3) is 0 Å². The predicted molar refractivity (Wildman–Crippen MR) is 60.8 cm³/mol. The fourth-order valence-corrected chi connectivity index (χ4v) is 1.40. The lowest BCUT2D eigenvalue weighted by atomic mass is 10.1. The maximum absolute atomic E-state index is 13.4. The van der Waals surface area contributed by atoms with E-state index in [0.717, 1.165) is 6.08 Å². The first kappa shape index (κ1) is 11.1. The maximum atomic E-state index is 13.4. The normalized spacial score (nSPS) is 10.9. The molecule has 3 nitrogen and oxygen atoms in total. The van der Waals surface area contributed by atoms with Gasteiger partial charge in [-0.2, -0.15) is 0 Å². The van der Waals surface area contributed by atoms with Gasteiger partial charge in [0.1, 0.15) is 17.3 Å². The number of hydrogen-bond acceptors (Lipinski definition) is 2. The van der Waals surface area contributed by atoms with Crippen LogP contribution in [0.5, 0.6) is 0 Å². The van der Waals surface area contributed by atoms with Crippen molar-refractivity contribution < 1.29 is 18.7 Å². The molecule has 86 valence electrons. The van der Waals surface area contributed by atoms with Crippen LogP contribution in [-0.2, 0) is 4.79 Å². The van der Waals surface area contributed by atoms with E-state index in [-0.39, 0.29) is 5.82 Å². The number of carbonyl (C=O) groups is 1. The molecule has 0 saturated heterocycles. The Bertz CT molecular complexity index is 570. The Balaban J connectivity index is 2.30. The summed E-state index contributed by atoms with van der Waals surface area (Å²) in [5.41, 5.74) is 0.350. The van der Waals surface area contributed by atoms with Crippen LogP contribution in [0.1, 0.15) is 5.76 Å². The van der Waals surface area contributed by atoms with Crippen molar-refractivity contribution in [1.82, 2.24) is 0 Å². The molecule has 1 heterocycles. The van der Waals surface area contributed by atoms with E-state index in [1.807, 2.05) is 0 Å². The van der Waals surface area contributed by atoms with Gasteiger partial charge in [0, 0.05) is 6.08 Å².